The number of rotatable bonds is 7. The van der Waals surface area contributed by atoms with E-state index in [9.17, 15) is 30.0 Å². The van der Waals surface area contributed by atoms with Crippen LogP contribution in [0.4, 0.5) is 4.79 Å². The standard InChI is InChI=1S/C17H23NO10/c19-7-11(21)13(22)14-12(10(20)6-17(26,28-14)15(23)24)18-16(25)27-8-9-4-2-1-3-5-9/h1-5,10-14,19-22,26H,6-8H2,(H,18,25)(H,23,24)/t10-,11-,12-,13-,14+,17-/m1/s1. The molecule has 11 nitrogen and oxygen atoms in total. The third-order valence-corrected chi connectivity index (χ3v) is 4.33. The van der Waals surface area contributed by atoms with Crippen molar-refractivity contribution in [1.82, 2.24) is 5.32 Å². The Morgan fingerprint density at radius 3 is 2.50 bits per heavy atom. The minimum Gasteiger partial charge on any atom is -0.477 e. The average Bonchev–Trinajstić information content (AvgIpc) is 2.67. The van der Waals surface area contributed by atoms with Gasteiger partial charge in [0, 0.05) is 6.42 Å². The summed E-state index contributed by atoms with van der Waals surface area (Å²) in [6, 6.07) is 7.25. The van der Waals surface area contributed by atoms with Crippen molar-refractivity contribution in [2.24, 2.45) is 0 Å². The summed E-state index contributed by atoms with van der Waals surface area (Å²) >= 11 is 0. The van der Waals surface area contributed by atoms with Gasteiger partial charge in [-0.1, -0.05) is 30.3 Å². The predicted molar refractivity (Wildman–Crippen MR) is 90.7 cm³/mol. The van der Waals surface area contributed by atoms with E-state index in [1.807, 2.05) is 0 Å². The van der Waals surface area contributed by atoms with Gasteiger partial charge >= 0.3 is 12.1 Å². The lowest BCUT2D eigenvalue weighted by Crippen LogP contribution is -2.67. The van der Waals surface area contributed by atoms with Crippen molar-refractivity contribution in [1.29, 1.82) is 0 Å². The molecule has 0 bridgehead atoms. The number of benzene rings is 1. The van der Waals surface area contributed by atoms with Crippen LogP contribution in [-0.4, -0.2) is 85.6 Å². The molecule has 0 aromatic heterocycles. The smallest absolute Gasteiger partial charge is 0.407 e. The quantitative estimate of drug-likeness (QED) is 0.267. The summed E-state index contributed by atoms with van der Waals surface area (Å²) in [5, 5.41) is 60.3. The van der Waals surface area contributed by atoms with Gasteiger partial charge in [0.25, 0.3) is 5.79 Å². The molecule has 156 valence electrons. The summed E-state index contributed by atoms with van der Waals surface area (Å²) < 4.78 is 9.98. The van der Waals surface area contributed by atoms with E-state index < -0.39 is 61.3 Å². The number of carbonyl (C=O) groups excluding carboxylic acids is 1. The molecule has 1 fully saturated rings. The third-order valence-electron chi connectivity index (χ3n) is 4.33. The Morgan fingerprint density at radius 1 is 1.29 bits per heavy atom. The van der Waals surface area contributed by atoms with Crippen LogP contribution in [0.2, 0.25) is 0 Å². The van der Waals surface area contributed by atoms with E-state index in [0.717, 1.165) is 0 Å². The van der Waals surface area contributed by atoms with Gasteiger partial charge in [0.05, 0.1) is 18.8 Å². The van der Waals surface area contributed by atoms with Gasteiger partial charge in [-0.2, -0.15) is 0 Å². The maximum atomic E-state index is 12.1. The van der Waals surface area contributed by atoms with Gasteiger partial charge in [-0.25, -0.2) is 9.59 Å². The molecule has 1 saturated heterocycles. The number of alkyl carbamates (subject to hydrolysis) is 1. The zero-order chi connectivity index (χ0) is 20.9. The van der Waals surface area contributed by atoms with Crippen LogP contribution in [-0.2, 0) is 20.9 Å². The number of aliphatic hydroxyl groups is 5. The average molecular weight is 401 g/mol. The van der Waals surface area contributed by atoms with Gasteiger partial charge in [-0.15, -0.1) is 0 Å². The van der Waals surface area contributed by atoms with Gasteiger partial charge in [0.15, 0.2) is 0 Å². The van der Waals surface area contributed by atoms with Gasteiger partial charge in [-0.3, -0.25) is 0 Å². The highest BCUT2D eigenvalue weighted by Gasteiger charge is 2.54. The number of hydrogen-bond acceptors (Lipinski definition) is 9. The molecule has 2 rings (SSSR count). The third kappa shape index (κ3) is 5.16. The number of ether oxygens (including phenoxy) is 2. The second-order valence-corrected chi connectivity index (χ2v) is 6.42. The van der Waals surface area contributed by atoms with Crippen molar-refractivity contribution in [2.75, 3.05) is 6.61 Å². The first kappa shape index (κ1) is 22.0. The zero-order valence-electron chi connectivity index (χ0n) is 14.7. The lowest BCUT2D eigenvalue weighted by molar-refractivity contribution is -0.294. The Bertz CT molecular complexity index is 671. The van der Waals surface area contributed by atoms with Crippen molar-refractivity contribution in [3.05, 3.63) is 35.9 Å². The van der Waals surface area contributed by atoms with Crippen LogP contribution in [0.1, 0.15) is 12.0 Å². The van der Waals surface area contributed by atoms with Crippen LogP contribution in [0, 0.1) is 0 Å². The predicted octanol–water partition coefficient (Wildman–Crippen LogP) is -2.08. The molecule has 1 aromatic carbocycles. The summed E-state index contributed by atoms with van der Waals surface area (Å²) in [5.41, 5.74) is 0.686. The fourth-order valence-corrected chi connectivity index (χ4v) is 2.80. The molecule has 1 aliphatic heterocycles. The highest BCUT2D eigenvalue weighted by atomic mass is 16.7. The molecule has 6 atom stereocenters. The number of hydrogen-bond donors (Lipinski definition) is 7. The maximum absolute atomic E-state index is 12.1. The number of amides is 1. The van der Waals surface area contributed by atoms with Crippen LogP contribution >= 0.6 is 0 Å². The maximum Gasteiger partial charge on any atom is 0.407 e. The van der Waals surface area contributed by atoms with Gasteiger partial charge < -0.3 is 45.4 Å². The molecule has 0 unspecified atom stereocenters. The molecule has 0 aliphatic carbocycles. The minimum absolute atomic E-state index is 0.0953. The van der Waals surface area contributed by atoms with E-state index in [-0.39, 0.29) is 6.61 Å². The van der Waals surface area contributed by atoms with E-state index in [4.69, 9.17) is 19.7 Å². The van der Waals surface area contributed by atoms with E-state index in [0.29, 0.717) is 5.56 Å². The Labute approximate surface area is 159 Å². The van der Waals surface area contributed by atoms with Crippen LogP contribution in [0.5, 0.6) is 0 Å². The zero-order valence-corrected chi connectivity index (χ0v) is 14.7. The monoisotopic (exact) mass is 401 g/mol. The fourth-order valence-electron chi connectivity index (χ4n) is 2.80. The molecule has 1 amide bonds. The number of carboxylic acids is 1. The topological polar surface area (TPSA) is 186 Å². The Morgan fingerprint density at radius 2 is 1.93 bits per heavy atom. The molecule has 0 radical (unpaired) electrons. The van der Waals surface area contributed by atoms with E-state index in [1.165, 1.54) is 0 Å². The van der Waals surface area contributed by atoms with Crippen LogP contribution in [0.25, 0.3) is 0 Å². The Balaban J connectivity index is 2.11. The van der Waals surface area contributed by atoms with Gasteiger partial charge in [0.1, 0.15) is 24.9 Å². The van der Waals surface area contributed by atoms with Crippen LogP contribution in [0.3, 0.4) is 0 Å². The molecule has 0 spiro atoms. The summed E-state index contributed by atoms with van der Waals surface area (Å²) in [4.78, 5) is 23.3. The highest BCUT2D eigenvalue weighted by Crippen LogP contribution is 2.30. The van der Waals surface area contributed by atoms with E-state index in [1.54, 1.807) is 30.3 Å². The molecule has 1 aliphatic rings. The molecule has 1 aromatic rings. The number of carboxylic acid groups (broad SMARTS) is 1. The molecule has 11 heteroatoms. The molecule has 1 heterocycles. The molecular formula is C17H23NO10. The summed E-state index contributed by atoms with van der Waals surface area (Å²) in [5.74, 6) is -4.68. The summed E-state index contributed by atoms with van der Waals surface area (Å²) in [7, 11) is 0. The van der Waals surface area contributed by atoms with Crippen molar-refractivity contribution < 1.29 is 49.7 Å². The molecule has 0 saturated carbocycles. The molecular weight excluding hydrogens is 378 g/mol. The lowest BCUT2D eigenvalue weighted by Gasteiger charge is -2.44. The second-order valence-electron chi connectivity index (χ2n) is 6.42. The molecule has 7 N–H and O–H groups in total. The summed E-state index contributed by atoms with van der Waals surface area (Å²) in [6.07, 6.45) is -8.94. The number of nitrogens with one attached hydrogen (secondary N) is 1. The summed E-state index contributed by atoms with van der Waals surface area (Å²) in [6.45, 7) is -1.00. The number of aliphatic hydroxyl groups excluding tert-OH is 4. The number of carbonyl (C=O) groups is 2. The first-order valence-electron chi connectivity index (χ1n) is 8.44. The Hall–Kier alpha value is -2.28. The largest absolute Gasteiger partial charge is 0.477 e. The van der Waals surface area contributed by atoms with E-state index in [2.05, 4.69) is 5.32 Å². The first-order valence-corrected chi connectivity index (χ1v) is 8.44. The minimum atomic E-state index is -2.85. The number of aliphatic carboxylic acids is 1. The normalized spacial score (nSPS) is 29.5. The fraction of sp³-hybridized carbons (Fsp3) is 0.529. The lowest BCUT2D eigenvalue weighted by atomic mass is 9.89. The van der Waals surface area contributed by atoms with Crippen molar-refractivity contribution >= 4 is 12.1 Å². The Kier molecular flexibility index (Phi) is 7.29. The highest BCUT2D eigenvalue weighted by molar-refractivity contribution is 5.75. The van der Waals surface area contributed by atoms with Crippen LogP contribution in [0.15, 0.2) is 30.3 Å². The van der Waals surface area contributed by atoms with Crippen molar-refractivity contribution in [3.63, 3.8) is 0 Å². The van der Waals surface area contributed by atoms with Gasteiger partial charge in [0.2, 0.25) is 0 Å². The second kappa shape index (κ2) is 9.28. The van der Waals surface area contributed by atoms with Crippen LogP contribution < -0.4 is 5.32 Å². The molecule has 28 heavy (non-hydrogen) atoms. The van der Waals surface area contributed by atoms with E-state index >= 15 is 0 Å². The van der Waals surface area contributed by atoms with Gasteiger partial charge in [-0.05, 0) is 5.56 Å². The van der Waals surface area contributed by atoms with Crippen molar-refractivity contribution in [2.45, 2.75) is 49.3 Å². The van der Waals surface area contributed by atoms with Crippen molar-refractivity contribution in [3.8, 4) is 0 Å². The SMILES string of the molecule is O=C(N[C@H]1[C@@H]([C@H](O)[C@H](O)CO)O[C@@](O)(C(=O)O)C[C@H]1O)OCc1ccccc1. The first-order chi connectivity index (χ1) is 13.2.